The van der Waals surface area contributed by atoms with E-state index >= 15 is 0 Å². The number of primary amides is 1. The van der Waals surface area contributed by atoms with E-state index < -0.39 is 17.9 Å². The van der Waals surface area contributed by atoms with Crippen LogP contribution in [0.2, 0.25) is 0 Å². The quantitative estimate of drug-likeness (QED) is 0.440. The van der Waals surface area contributed by atoms with E-state index in [4.69, 9.17) is 5.73 Å². The van der Waals surface area contributed by atoms with Crippen molar-refractivity contribution in [2.75, 3.05) is 26.2 Å². The molecule has 1 heterocycles. The number of phenols is 2. The number of aryl methyl sites for hydroxylation is 1. The number of benzene rings is 1. The standard InChI is InChI=1S/C23H34N4O5.ClH/c24-21(30)15-19(25-22(31)9-7-16-6-8-18(28)14-20(16)29)23(32)27-12-10-26(11-13-27)17-4-2-1-3-5-17;/h6,8,14,17,19,28-29H,1-5,7,9-13,15H2,(H2,24,30)(H,25,31);1H/t19-;/m0./s1. The van der Waals surface area contributed by atoms with E-state index in [1.165, 1.54) is 50.3 Å². The second-order valence-corrected chi connectivity index (χ2v) is 8.76. The molecule has 5 N–H and O–H groups in total. The molecule has 1 aliphatic carbocycles. The highest BCUT2D eigenvalue weighted by molar-refractivity contribution is 5.91. The first-order valence-corrected chi connectivity index (χ1v) is 11.4. The number of halogens is 1. The molecule has 2 aliphatic rings. The third kappa shape index (κ3) is 7.78. The maximum atomic E-state index is 13.0. The fraction of sp³-hybridized carbons (Fsp3) is 0.609. The number of nitrogens with two attached hydrogens (primary N) is 1. The van der Waals surface area contributed by atoms with Gasteiger partial charge in [-0.05, 0) is 30.9 Å². The van der Waals surface area contributed by atoms with Crippen molar-refractivity contribution >= 4 is 30.1 Å². The van der Waals surface area contributed by atoms with Gasteiger partial charge in [-0.25, -0.2) is 0 Å². The zero-order chi connectivity index (χ0) is 23.1. The highest BCUT2D eigenvalue weighted by Gasteiger charge is 2.31. The van der Waals surface area contributed by atoms with E-state index in [0.29, 0.717) is 24.7 Å². The fourth-order valence-corrected chi connectivity index (χ4v) is 4.65. The number of phenolic OH excluding ortho intramolecular Hbond substituents is 2. The van der Waals surface area contributed by atoms with Crippen LogP contribution in [0.1, 0.15) is 50.5 Å². The number of rotatable bonds is 8. The minimum atomic E-state index is -0.991. The molecule has 33 heavy (non-hydrogen) atoms. The van der Waals surface area contributed by atoms with Gasteiger partial charge in [0.05, 0.1) is 6.42 Å². The van der Waals surface area contributed by atoms with Crippen LogP contribution in [0.15, 0.2) is 18.2 Å². The summed E-state index contributed by atoms with van der Waals surface area (Å²) in [5.74, 6) is -1.50. The summed E-state index contributed by atoms with van der Waals surface area (Å²) in [6.45, 7) is 2.74. The number of carbonyl (C=O) groups excluding carboxylic acids is 3. The number of piperazine rings is 1. The monoisotopic (exact) mass is 482 g/mol. The SMILES string of the molecule is Cl.NC(=O)C[C@H](NC(=O)CCc1ccc(O)cc1O)C(=O)N1CCN(C2CCCCC2)CC1. The van der Waals surface area contributed by atoms with Crippen LogP contribution in [0.3, 0.4) is 0 Å². The predicted octanol–water partition coefficient (Wildman–Crippen LogP) is 1.29. The molecule has 1 saturated heterocycles. The van der Waals surface area contributed by atoms with Crippen molar-refractivity contribution in [3.63, 3.8) is 0 Å². The average molecular weight is 483 g/mol. The zero-order valence-electron chi connectivity index (χ0n) is 18.9. The molecule has 184 valence electrons. The van der Waals surface area contributed by atoms with Gasteiger partial charge in [0.1, 0.15) is 17.5 Å². The Morgan fingerprint density at radius 2 is 1.73 bits per heavy atom. The Morgan fingerprint density at radius 1 is 1.06 bits per heavy atom. The normalized spacial score (nSPS) is 18.2. The lowest BCUT2D eigenvalue weighted by Gasteiger charge is -2.41. The van der Waals surface area contributed by atoms with Crippen molar-refractivity contribution in [1.82, 2.24) is 15.1 Å². The largest absolute Gasteiger partial charge is 0.508 e. The highest BCUT2D eigenvalue weighted by atomic mass is 35.5. The van der Waals surface area contributed by atoms with Gasteiger partial charge < -0.3 is 26.2 Å². The van der Waals surface area contributed by atoms with Crippen LogP contribution < -0.4 is 11.1 Å². The van der Waals surface area contributed by atoms with Crippen LogP contribution >= 0.6 is 12.4 Å². The molecule has 9 nitrogen and oxygen atoms in total. The molecule has 1 aromatic carbocycles. The van der Waals surface area contributed by atoms with Crippen molar-refractivity contribution < 1.29 is 24.6 Å². The molecule has 0 aromatic heterocycles. The van der Waals surface area contributed by atoms with Gasteiger partial charge in [0.25, 0.3) is 0 Å². The number of hydrogen-bond donors (Lipinski definition) is 4. The van der Waals surface area contributed by atoms with Gasteiger partial charge in [-0.1, -0.05) is 25.3 Å². The molecule has 0 unspecified atom stereocenters. The third-order valence-corrected chi connectivity index (χ3v) is 6.45. The lowest BCUT2D eigenvalue weighted by atomic mass is 9.94. The van der Waals surface area contributed by atoms with Gasteiger partial charge in [-0.15, -0.1) is 12.4 Å². The summed E-state index contributed by atoms with van der Waals surface area (Å²) in [6.07, 6.45) is 6.26. The Bertz CT molecular complexity index is 823. The molecule has 0 bridgehead atoms. The Hall–Kier alpha value is -2.52. The van der Waals surface area contributed by atoms with Gasteiger partial charge in [0.2, 0.25) is 17.7 Å². The van der Waals surface area contributed by atoms with E-state index in [1.54, 1.807) is 4.90 Å². The first-order chi connectivity index (χ1) is 15.3. The molecule has 1 saturated carbocycles. The molecular weight excluding hydrogens is 448 g/mol. The van der Waals surface area contributed by atoms with Crippen LogP contribution in [-0.4, -0.2) is 76.0 Å². The van der Waals surface area contributed by atoms with Gasteiger partial charge in [-0.2, -0.15) is 0 Å². The minimum absolute atomic E-state index is 0. The topological polar surface area (TPSA) is 136 Å². The summed E-state index contributed by atoms with van der Waals surface area (Å²) in [5, 5.41) is 21.9. The third-order valence-electron chi connectivity index (χ3n) is 6.45. The van der Waals surface area contributed by atoms with E-state index in [2.05, 4.69) is 10.2 Å². The summed E-state index contributed by atoms with van der Waals surface area (Å²) < 4.78 is 0. The number of amides is 3. The van der Waals surface area contributed by atoms with Crippen LogP contribution in [0, 0.1) is 0 Å². The Kier molecular flexibility index (Phi) is 10.2. The van der Waals surface area contributed by atoms with Crippen molar-refractivity contribution in [3.8, 4) is 11.5 Å². The molecule has 2 fully saturated rings. The van der Waals surface area contributed by atoms with Gasteiger partial charge in [0.15, 0.2) is 0 Å². The van der Waals surface area contributed by atoms with Crippen LogP contribution in [-0.2, 0) is 20.8 Å². The zero-order valence-corrected chi connectivity index (χ0v) is 19.7. The van der Waals surface area contributed by atoms with Gasteiger partial charge in [-0.3, -0.25) is 19.3 Å². The van der Waals surface area contributed by atoms with Gasteiger partial charge >= 0.3 is 0 Å². The lowest BCUT2D eigenvalue weighted by Crippen LogP contribution is -2.57. The molecular formula is C23H35ClN4O5. The number of aromatic hydroxyl groups is 2. The van der Waals surface area contributed by atoms with E-state index in [9.17, 15) is 24.6 Å². The summed E-state index contributed by atoms with van der Waals surface area (Å²) in [5.41, 5.74) is 5.84. The number of hydrogen-bond acceptors (Lipinski definition) is 6. The average Bonchev–Trinajstić information content (AvgIpc) is 2.78. The predicted molar refractivity (Wildman–Crippen MR) is 126 cm³/mol. The minimum Gasteiger partial charge on any atom is -0.508 e. The summed E-state index contributed by atoms with van der Waals surface area (Å²) in [7, 11) is 0. The molecule has 3 rings (SSSR count). The molecule has 1 atom stereocenters. The molecule has 1 aliphatic heterocycles. The van der Waals surface area contributed by atoms with Crippen LogP contribution in [0.4, 0.5) is 0 Å². The molecule has 10 heteroatoms. The van der Waals surface area contributed by atoms with Crippen molar-refractivity contribution in [2.24, 2.45) is 5.73 Å². The summed E-state index contributed by atoms with van der Waals surface area (Å²) in [6, 6.07) is 3.78. The molecule has 1 aromatic rings. The lowest BCUT2D eigenvalue weighted by molar-refractivity contribution is -0.140. The first-order valence-electron chi connectivity index (χ1n) is 11.4. The van der Waals surface area contributed by atoms with Crippen molar-refractivity contribution in [1.29, 1.82) is 0 Å². The number of carbonyl (C=O) groups is 3. The van der Waals surface area contributed by atoms with Crippen LogP contribution in [0.5, 0.6) is 11.5 Å². The second kappa shape index (κ2) is 12.6. The number of nitrogens with one attached hydrogen (secondary N) is 1. The Balaban J connectivity index is 0.00000385. The van der Waals surface area contributed by atoms with Crippen molar-refractivity contribution in [2.45, 2.75) is 63.5 Å². The summed E-state index contributed by atoms with van der Waals surface area (Å²) in [4.78, 5) is 41.2. The molecule has 3 amide bonds. The Labute approximate surface area is 200 Å². The van der Waals surface area contributed by atoms with Gasteiger partial charge in [0, 0.05) is 44.7 Å². The molecule has 0 spiro atoms. The number of nitrogens with zero attached hydrogens (tertiary/aromatic N) is 2. The van der Waals surface area contributed by atoms with Crippen LogP contribution in [0.25, 0.3) is 0 Å². The maximum absolute atomic E-state index is 13.0. The van der Waals surface area contributed by atoms with E-state index in [1.807, 2.05) is 0 Å². The van der Waals surface area contributed by atoms with E-state index in [-0.39, 0.29) is 49.1 Å². The fourth-order valence-electron chi connectivity index (χ4n) is 4.65. The smallest absolute Gasteiger partial charge is 0.245 e. The maximum Gasteiger partial charge on any atom is 0.245 e. The Morgan fingerprint density at radius 3 is 2.33 bits per heavy atom. The first kappa shape index (κ1) is 26.7. The van der Waals surface area contributed by atoms with E-state index in [0.717, 1.165) is 13.1 Å². The summed E-state index contributed by atoms with van der Waals surface area (Å²) >= 11 is 0. The second-order valence-electron chi connectivity index (χ2n) is 8.76. The molecule has 0 radical (unpaired) electrons. The van der Waals surface area contributed by atoms with Crippen molar-refractivity contribution in [3.05, 3.63) is 23.8 Å². The highest BCUT2D eigenvalue weighted by Crippen LogP contribution is 2.24.